The van der Waals surface area contributed by atoms with Crippen LogP contribution < -0.4 is 0 Å². The second-order valence-corrected chi connectivity index (χ2v) is 4.71. The first-order valence-corrected chi connectivity index (χ1v) is 5.91. The first-order valence-electron chi connectivity index (χ1n) is 4.83. The van der Waals surface area contributed by atoms with Gasteiger partial charge in [0.2, 0.25) is 0 Å². The van der Waals surface area contributed by atoms with E-state index in [1.165, 1.54) is 18.2 Å². The van der Waals surface area contributed by atoms with Crippen molar-refractivity contribution in [1.82, 2.24) is 0 Å². The predicted octanol–water partition coefficient (Wildman–Crippen LogP) is 4.16. The molecule has 0 nitrogen and oxygen atoms in total. The van der Waals surface area contributed by atoms with E-state index in [9.17, 15) is 8.78 Å². The molecule has 0 saturated heterocycles. The van der Waals surface area contributed by atoms with Crippen LogP contribution >= 0.6 is 22.6 Å². The van der Waals surface area contributed by atoms with Gasteiger partial charge in [0, 0.05) is 3.57 Å². The summed E-state index contributed by atoms with van der Waals surface area (Å²) in [6, 6.07) is 11.4. The van der Waals surface area contributed by atoms with Crippen LogP contribution in [0.15, 0.2) is 42.5 Å². The van der Waals surface area contributed by atoms with Crippen molar-refractivity contribution < 1.29 is 8.78 Å². The molecule has 0 saturated carbocycles. The van der Waals surface area contributed by atoms with Crippen molar-refractivity contribution in [2.45, 2.75) is 6.42 Å². The van der Waals surface area contributed by atoms with Crippen LogP contribution in [0.2, 0.25) is 0 Å². The lowest BCUT2D eigenvalue weighted by Crippen LogP contribution is -1.91. The quantitative estimate of drug-likeness (QED) is 0.726. The summed E-state index contributed by atoms with van der Waals surface area (Å²) in [7, 11) is 0. The molecule has 16 heavy (non-hydrogen) atoms. The molecular formula is C13H9F2I. The lowest BCUT2D eigenvalue weighted by atomic mass is 10.1. The van der Waals surface area contributed by atoms with Crippen LogP contribution in [-0.2, 0) is 6.42 Å². The van der Waals surface area contributed by atoms with Crippen LogP contribution in [0.25, 0.3) is 0 Å². The lowest BCUT2D eigenvalue weighted by Gasteiger charge is -2.03. The Balaban J connectivity index is 2.20. The Hall–Kier alpha value is -0.970. The van der Waals surface area contributed by atoms with E-state index >= 15 is 0 Å². The molecule has 0 spiro atoms. The molecule has 0 amide bonds. The summed E-state index contributed by atoms with van der Waals surface area (Å²) in [5, 5.41) is 0. The topological polar surface area (TPSA) is 0 Å². The molecule has 2 rings (SSSR count). The van der Waals surface area contributed by atoms with Crippen molar-refractivity contribution in [1.29, 1.82) is 0 Å². The summed E-state index contributed by atoms with van der Waals surface area (Å²) in [6.07, 6.45) is 0.691. The number of hydrogen-bond acceptors (Lipinski definition) is 0. The van der Waals surface area contributed by atoms with Gasteiger partial charge in [-0.15, -0.1) is 0 Å². The first-order chi connectivity index (χ1) is 7.65. The highest BCUT2D eigenvalue weighted by Crippen LogP contribution is 2.16. The van der Waals surface area contributed by atoms with Gasteiger partial charge in [-0.1, -0.05) is 18.2 Å². The van der Waals surface area contributed by atoms with Gasteiger partial charge in [0.1, 0.15) is 11.6 Å². The van der Waals surface area contributed by atoms with Crippen molar-refractivity contribution in [3.05, 3.63) is 68.8 Å². The molecule has 0 fully saturated rings. The van der Waals surface area contributed by atoms with E-state index < -0.39 is 0 Å². The normalized spacial score (nSPS) is 10.4. The van der Waals surface area contributed by atoms with E-state index in [1.54, 1.807) is 24.3 Å². The minimum absolute atomic E-state index is 0.205. The van der Waals surface area contributed by atoms with E-state index in [0.717, 1.165) is 11.1 Å². The van der Waals surface area contributed by atoms with E-state index in [2.05, 4.69) is 0 Å². The summed E-state index contributed by atoms with van der Waals surface area (Å²) in [5.41, 5.74) is 2.04. The van der Waals surface area contributed by atoms with E-state index in [-0.39, 0.29) is 11.6 Å². The van der Waals surface area contributed by atoms with Gasteiger partial charge in [0.25, 0.3) is 0 Å². The third-order valence-electron chi connectivity index (χ3n) is 2.31. The zero-order valence-corrected chi connectivity index (χ0v) is 10.5. The summed E-state index contributed by atoms with van der Waals surface area (Å²) in [4.78, 5) is 0. The largest absolute Gasteiger partial charge is 0.207 e. The third kappa shape index (κ3) is 2.78. The van der Waals surface area contributed by atoms with Crippen LogP contribution in [0.3, 0.4) is 0 Å². The standard InChI is InChI=1S/C13H9F2I/c14-11-4-1-9(2-5-11)7-10-3-6-12(15)13(16)8-10/h1-6,8H,7H2. The minimum atomic E-state index is -0.238. The molecule has 0 radical (unpaired) electrons. The Morgan fingerprint density at radius 2 is 1.50 bits per heavy atom. The molecule has 2 aromatic carbocycles. The SMILES string of the molecule is Fc1ccc(Cc2ccc(F)c(I)c2)cc1. The Kier molecular flexibility index (Phi) is 3.53. The molecule has 0 unspecified atom stereocenters. The van der Waals surface area contributed by atoms with Gasteiger partial charge in [-0.3, -0.25) is 0 Å². The Bertz CT molecular complexity index is 492. The first kappa shape index (κ1) is 11.5. The molecule has 0 N–H and O–H groups in total. The van der Waals surface area contributed by atoms with E-state index in [1.807, 2.05) is 22.6 Å². The van der Waals surface area contributed by atoms with Gasteiger partial charge < -0.3 is 0 Å². The van der Waals surface area contributed by atoms with Crippen molar-refractivity contribution in [2.24, 2.45) is 0 Å². The highest BCUT2D eigenvalue weighted by molar-refractivity contribution is 14.1. The second kappa shape index (κ2) is 4.91. The second-order valence-electron chi connectivity index (χ2n) is 3.55. The molecule has 0 heterocycles. The Morgan fingerprint density at radius 3 is 2.12 bits per heavy atom. The molecule has 82 valence electrons. The van der Waals surface area contributed by atoms with Crippen LogP contribution in [0.5, 0.6) is 0 Å². The predicted molar refractivity (Wildman–Crippen MR) is 68.3 cm³/mol. The maximum atomic E-state index is 13.0. The van der Waals surface area contributed by atoms with E-state index in [0.29, 0.717) is 9.99 Å². The van der Waals surface area contributed by atoms with Crippen LogP contribution in [-0.4, -0.2) is 0 Å². The van der Waals surface area contributed by atoms with Gasteiger partial charge in [-0.2, -0.15) is 0 Å². The monoisotopic (exact) mass is 330 g/mol. The number of hydrogen-bond donors (Lipinski definition) is 0. The van der Waals surface area contributed by atoms with Crippen LogP contribution in [0.1, 0.15) is 11.1 Å². The maximum Gasteiger partial charge on any atom is 0.136 e. The van der Waals surface area contributed by atoms with Gasteiger partial charge in [-0.05, 0) is 64.4 Å². The Labute approximate surface area is 106 Å². The molecule has 3 heteroatoms. The highest BCUT2D eigenvalue weighted by atomic mass is 127. The lowest BCUT2D eigenvalue weighted by molar-refractivity contribution is 0.619. The fraction of sp³-hybridized carbons (Fsp3) is 0.0769. The molecule has 0 atom stereocenters. The van der Waals surface area contributed by atoms with Crippen molar-refractivity contribution >= 4 is 22.6 Å². The zero-order chi connectivity index (χ0) is 11.5. The summed E-state index contributed by atoms with van der Waals surface area (Å²) in [5.74, 6) is -0.444. The molecule has 0 bridgehead atoms. The summed E-state index contributed by atoms with van der Waals surface area (Å²) >= 11 is 1.96. The van der Waals surface area contributed by atoms with Gasteiger partial charge in [0.05, 0.1) is 0 Å². The van der Waals surface area contributed by atoms with Gasteiger partial charge >= 0.3 is 0 Å². The number of halogens is 3. The fourth-order valence-corrected chi connectivity index (χ4v) is 2.07. The zero-order valence-electron chi connectivity index (χ0n) is 8.38. The molecule has 0 aliphatic heterocycles. The average molecular weight is 330 g/mol. The van der Waals surface area contributed by atoms with Crippen molar-refractivity contribution in [3.63, 3.8) is 0 Å². The maximum absolute atomic E-state index is 13.0. The molecule has 0 aromatic heterocycles. The summed E-state index contributed by atoms with van der Waals surface area (Å²) < 4.78 is 26.3. The fourth-order valence-electron chi connectivity index (χ4n) is 1.49. The molecular weight excluding hydrogens is 321 g/mol. The van der Waals surface area contributed by atoms with Gasteiger partial charge in [-0.25, -0.2) is 8.78 Å². The smallest absolute Gasteiger partial charge is 0.136 e. The third-order valence-corrected chi connectivity index (χ3v) is 3.13. The van der Waals surface area contributed by atoms with Crippen molar-refractivity contribution in [2.75, 3.05) is 0 Å². The number of rotatable bonds is 2. The van der Waals surface area contributed by atoms with Gasteiger partial charge in [0.15, 0.2) is 0 Å². The summed E-state index contributed by atoms with van der Waals surface area (Å²) in [6.45, 7) is 0. The van der Waals surface area contributed by atoms with Crippen LogP contribution in [0, 0.1) is 15.2 Å². The van der Waals surface area contributed by atoms with E-state index in [4.69, 9.17) is 0 Å². The highest BCUT2D eigenvalue weighted by Gasteiger charge is 2.01. The van der Waals surface area contributed by atoms with Crippen molar-refractivity contribution in [3.8, 4) is 0 Å². The van der Waals surface area contributed by atoms with Crippen LogP contribution in [0.4, 0.5) is 8.78 Å². The number of benzene rings is 2. The molecule has 0 aliphatic carbocycles. The average Bonchev–Trinajstić information content (AvgIpc) is 2.27. The molecule has 2 aromatic rings. The minimum Gasteiger partial charge on any atom is -0.207 e. The Morgan fingerprint density at radius 1 is 0.875 bits per heavy atom. The molecule has 0 aliphatic rings.